The molecular formula is C25H34N4O2. The minimum Gasteiger partial charge on any atom is -0.325 e. The number of benzene rings is 2. The van der Waals surface area contributed by atoms with Crippen molar-refractivity contribution in [3.63, 3.8) is 0 Å². The summed E-state index contributed by atoms with van der Waals surface area (Å²) in [4.78, 5) is 29.6. The number of nitrogens with zero attached hydrogens (tertiary/aromatic N) is 2. The van der Waals surface area contributed by atoms with Gasteiger partial charge >= 0.3 is 0 Å². The molecule has 1 aliphatic rings. The van der Waals surface area contributed by atoms with Gasteiger partial charge in [0.1, 0.15) is 0 Å². The van der Waals surface area contributed by atoms with E-state index in [-0.39, 0.29) is 17.9 Å². The Bertz CT molecular complexity index is 919. The summed E-state index contributed by atoms with van der Waals surface area (Å²) in [6.45, 7) is 11.5. The van der Waals surface area contributed by atoms with Crippen LogP contribution in [0.2, 0.25) is 0 Å². The summed E-state index contributed by atoms with van der Waals surface area (Å²) in [5.74, 6) is 0.0196. The normalized spacial score (nSPS) is 16.0. The van der Waals surface area contributed by atoms with E-state index in [1.165, 1.54) is 0 Å². The average molecular weight is 423 g/mol. The maximum atomic E-state index is 12.8. The molecule has 0 bridgehead atoms. The first kappa shape index (κ1) is 23.0. The Labute approximate surface area is 185 Å². The molecule has 2 amide bonds. The zero-order valence-electron chi connectivity index (χ0n) is 19.1. The maximum absolute atomic E-state index is 12.8. The molecule has 1 atom stereocenters. The molecule has 1 saturated heterocycles. The fraction of sp³-hybridized carbons (Fsp3) is 0.440. The van der Waals surface area contributed by atoms with Crippen LogP contribution in [-0.2, 0) is 16.0 Å². The highest BCUT2D eigenvalue weighted by Crippen LogP contribution is 2.18. The van der Waals surface area contributed by atoms with Gasteiger partial charge in [-0.25, -0.2) is 0 Å². The topological polar surface area (TPSA) is 64.7 Å². The van der Waals surface area contributed by atoms with Gasteiger partial charge in [-0.15, -0.1) is 0 Å². The summed E-state index contributed by atoms with van der Waals surface area (Å²) in [6.07, 6.45) is 0.886. The molecule has 1 aliphatic heterocycles. The second-order valence-electron chi connectivity index (χ2n) is 8.35. The van der Waals surface area contributed by atoms with E-state index < -0.39 is 0 Å². The summed E-state index contributed by atoms with van der Waals surface area (Å²) in [6, 6.07) is 13.8. The van der Waals surface area contributed by atoms with E-state index in [9.17, 15) is 9.59 Å². The molecule has 1 fully saturated rings. The zero-order valence-corrected chi connectivity index (χ0v) is 19.1. The van der Waals surface area contributed by atoms with Gasteiger partial charge in [-0.2, -0.15) is 0 Å². The zero-order chi connectivity index (χ0) is 22.4. The van der Waals surface area contributed by atoms with E-state index >= 15 is 0 Å². The SMILES string of the molecule is CCc1ccccc1NC(=O)CN1CCN(C(C)C(=O)Nc2cc(C)ccc2C)CC1. The van der Waals surface area contributed by atoms with Gasteiger partial charge in [0.15, 0.2) is 0 Å². The fourth-order valence-electron chi connectivity index (χ4n) is 3.93. The van der Waals surface area contributed by atoms with Gasteiger partial charge in [0.25, 0.3) is 0 Å². The van der Waals surface area contributed by atoms with E-state index in [4.69, 9.17) is 0 Å². The molecule has 1 unspecified atom stereocenters. The summed E-state index contributed by atoms with van der Waals surface area (Å²) >= 11 is 0. The molecule has 0 spiro atoms. The molecule has 0 aromatic heterocycles. The summed E-state index contributed by atoms with van der Waals surface area (Å²) < 4.78 is 0. The van der Waals surface area contributed by atoms with E-state index in [1.807, 2.05) is 63.2 Å². The Kier molecular flexibility index (Phi) is 7.82. The number of anilines is 2. The first-order chi connectivity index (χ1) is 14.9. The molecular weight excluding hydrogens is 388 g/mol. The van der Waals surface area contributed by atoms with Crippen LogP contribution in [0.4, 0.5) is 11.4 Å². The molecule has 31 heavy (non-hydrogen) atoms. The molecule has 0 saturated carbocycles. The van der Waals surface area contributed by atoms with Gasteiger partial charge in [0.05, 0.1) is 12.6 Å². The molecule has 2 aromatic carbocycles. The van der Waals surface area contributed by atoms with Crippen LogP contribution in [0.15, 0.2) is 42.5 Å². The highest BCUT2D eigenvalue weighted by atomic mass is 16.2. The van der Waals surface area contributed by atoms with Gasteiger partial charge in [-0.3, -0.25) is 19.4 Å². The predicted molar refractivity (Wildman–Crippen MR) is 126 cm³/mol. The maximum Gasteiger partial charge on any atom is 0.241 e. The Morgan fingerprint density at radius 2 is 1.68 bits per heavy atom. The molecule has 6 heteroatoms. The standard InChI is InChI=1S/C25H34N4O2/c1-5-21-8-6-7-9-22(21)26-24(30)17-28-12-14-29(15-13-28)20(4)25(31)27-23-16-18(2)10-11-19(23)3/h6-11,16,20H,5,12-15,17H2,1-4H3,(H,26,30)(H,27,31). The van der Waals surface area contributed by atoms with Gasteiger partial charge in [0.2, 0.25) is 11.8 Å². The number of amides is 2. The third kappa shape index (κ3) is 6.15. The molecule has 166 valence electrons. The number of aryl methyl sites for hydroxylation is 3. The quantitative estimate of drug-likeness (QED) is 0.717. The van der Waals surface area contributed by atoms with Crippen molar-refractivity contribution in [3.8, 4) is 0 Å². The number of hydrogen-bond acceptors (Lipinski definition) is 4. The number of nitrogens with one attached hydrogen (secondary N) is 2. The van der Waals surface area contributed by atoms with Crippen LogP contribution in [0.5, 0.6) is 0 Å². The van der Waals surface area contributed by atoms with Crippen molar-refractivity contribution in [2.45, 2.75) is 40.2 Å². The van der Waals surface area contributed by atoms with Crippen molar-refractivity contribution in [2.24, 2.45) is 0 Å². The Morgan fingerprint density at radius 1 is 0.968 bits per heavy atom. The second kappa shape index (κ2) is 10.6. The molecule has 2 N–H and O–H groups in total. The first-order valence-electron chi connectivity index (χ1n) is 11.1. The molecule has 6 nitrogen and oxygen atoms in total. The van der Waals surface area contributed by atoms with Crippen molar-refractivity contribution < 1.29 is 9.59 Å². The first-order valence-corrected chi connectivity index (χ1v) is 11.1. The van der Waals surface area contributed by atoms with Gasteiger partial charge in [-0.1, -0.05) is 37.3 Å². The molecule has 3 rings (SSSR count). The number of carbonyl (C=O) groups is 2. The van der Waals surface area contributed by atoms with Gasteiger partial charge in [0, 0.05) is 37.6 Å². The fourth-order valence-corrected chi connectivity index (χ4v) is 3.93. The molecule has 0 radical (unpaired) electrons. The van der Waals surface area contributed by atoms with E-state index in [0.29, 0.717) is 6.54 Å². The number of para-hydroxylation sites is 1. The van der Waals surface area contributed by atoms with E-state index in [0.717, 1.165) is 60.7 Å². The summed E-state index contributed by atoms with van der Waals surface area (Å²) in [5, 5.41) is 6.11. The molecule has 0 aliphatic carbocycles. The highest BCUT2D eigenvalue weighted by molar-refractivity contribution is 5.95. The van der Waals surface area contributed by atoms with Gasteiger partial charge in [-0.05, 0) is 56.0 Å². The van der Waals surface area contributed by atoms with Crippen molar-refractivity contribution >= 4 is 23.2 Å². The number of hydrogen-bond donors (Lipinski definition) is 2. The molecule has 2 aromatic rings. The third-order valence-electron chi connectivity index (χ3n) is 6.02. The smallest absolute Gasteiger partial charge is 0.241 e. The summed E-state index contributed by atoms with van der Waals surface area (Å²) in [5.41, 5.74) is 5.10. The van der Waals surface area contributed by atoms with Crippen LogP contribution in [0.3, 0.4) is 0 Å². The van der Waals surface area contributed by atoms with Crippen molar-refractivity contribution in [3.05, 3.63) is 59.2 Å². The Hall–Kier alpha value is -2.70. The van der Waals surface area contributed by atoms with Gasteiger partial charge < -0.3 is 10.6 Å². The average Bonchev–Trinajstić information content (AvgIpc) is 2.76. The van der Waals surface area contributed by atoms with Crippen LogP contribution in [0, 0.1) is 13.8 Å². The van der Waals surface area contributed by atoms with Crippen LogP contribution in [-0.4, -0.2) is 60.4 Å². The summed E-state index contributed by atoms with van der Waals surface area (Å²) in [7, 11) is 0. The van der Waals surface area contributed by atoms with Crippen LogP contribution >= 0.6 is 0 Å². The predicted octanol–water partition coefficient (Wildman–Crippen LogP) is 3.45. The van der Waals surface area contributed by atoms with Crippen LogP contribution in [0.25, 0.3) is 0 Å². The van der Waals surface area contributed by atoms with Crippen molar-refractivity contribution in [2.75, 3.05) is 43.4 Å². The van der Waals surface area contributed by atoms with Crippen molar-refractivity contribution in [1.29, 1.82) is 0 Å². The monoisotopic (exact) mass is 422 g/mol. The number of piperazine rings is 1. The highest BCUT2D eigenvalue weighted by Gasteiger charge is 2.26. The lowest BCUT2D eigenvalue weighted by atomic mass is 10.1. The Balaban J connectivity index is 1.47. The lowest BCUT2D eigenvalue weighted by Crippen LogP contribution is -2.53. The van der Waals surface area contributed by atoms with E-state index in [1.54, 1.807) is 0 Å². The van der Waals surface area contributed by atoms with Crippen LogP contribution in [0.1, 0.15) is 30.5 Å². The second-order valence-corrected chi connectivity index (χ2v) is 8.35. The van der Waals surface area contributed by atoms with Crippen molar-refractivity contribution in [1.82, 2.24) is 9.80 Å². The number of carbonyl (C=O) groups excluding carboxylic acids is 2. The largest absolute Gasteiger partial charge is 0.325 e. The molecule has 1 heterocycles. The van der Waals surface area contributed by atoms with Crippen LogP contribution < -0.4 is 10.6 Å². The minimum atomic E-state index is -0.215. The minimum absolute atomic E-state index is 0.00932. The number of rotatable bonds is 7. The van der Waals surface area contributed by atoms with E-state index in [2.05, 4.69) is 27.4 Å². The Morgan fingerprint density at radius 3 is 2.39 bits per heavy atom. The third-order valence-corrected chi connectivity index (χ3v) is 6.02. The lowest BCUT2D eigenvalue weighted by Gasteiger charge is -2.37. The lowest BCUT2D eigenvalue weighted by molar-refractivity contribution is -0.122.